The van der Waals surface area contributed by atoms with Crippen LogP contribution >= 0.6 is 0 Å². The molecule has 4 rings (SSSR count). The third kappa shape index (κ3) is 3.86. The molecule has 2 aromatic rings. The number of aromatic nitrogens is 3. The number of benzene rings is 1. The molecule has 1 aromatic heterocycles. The van der Waals surface area contributed by atoms with E-state index >= 15 is 0 Å². The van der Waals surface area contributed by atoms with E-state index in [9.17, 15) is 4.79 Å². The lowest BCUT2D eigenvalue weighted by Crippen LogP contribution is -2.44. The smallest absolute Gasteiger partial charge is 0.266 e. The number of hydrogen-bond acceptors (Lipinski definition) is 5. The second kappa shape index (κ2) is 7.90. The van der Waals surface area contributed by atoms with Crippen molar-refractivity contribution in [1.82, 2.24) is 19.7 Å². The molecule has 0 aliphatic carbocycles. The summed E-state index contributed by atoms with van der Waals surface area (Å²) >= 11 is 0. The van der Waals surface area contributed by atoms with Crippen LogP contribution in [0.15, 0.2) is 41.8 Å². The summed E-state index contributed by atoms with van der Waals surface area (Å²) in [6, 6.07) is 10.2. The lowest BCUT2D eigenvalue weighted by Gasteiger charge is -2.32. The number of para-hydroxylation sites is 1. The van der Waals surface area contributed by atoms with E-state index < -0.39 is 6.10 Å². The maximum absolute atomic E-state index is 12.6. The number of carbonyl (C=O) groups excluding carboxylic acids is 1. The number of oxime groups is 1. The summed E-state index contributed by atoms with van der Waals surface area (Å²) in [7, 11) is 0. The lowest BCUT2D eigenvalue weighted by atomic mass is 9.92. The van der Waals surface area contributed by atoms with Crippen molar-refractivity contribution in [1.29, 1.82) is 0 Å². The maximum Gasteiger partial charge on any atom is 0.266 e. The number of hydrogen-bond donors (Lipinski definition) is 0. The molecule has 2 aliphatic rings. The lowest BCUT2D eigenvalue weighted by molar-refractivity contribution is -0.143. The largest absolute Gasteiger partial charge is 0.382 e. The number of nitrogens with zero attached hydrogens (tertiary/aromatic N) is 5. The fourth-order valence-corrected chi connectivity index (χ4v) is 3.79. The Bertz CT molecular complexity index is 809. The summed E-state index contributed by atoms with van der Waals surface area (Å²) in [4.78, 5) is 19.9. The van der Waals surface area contributed by atoms with Crippen molar-refractivity contribution < 1.29 is 9.63 Å². The first-order valence-electron chi connectivity index (χ1n) is 9.69. The highest BCUT2D eigenvalue weighted by atomic mass is 16.6. The summed E-state index contributed by atoms with van der Waals surface area (Å²) < 4.78 is 2.05. The van der Waals surface area contributed by atoms with Crippen molar-refractivity contribution in [3.63, 3.8) is 0 Å². The summed E-state index contributed by atoms with van der Waals surface area (Å²) in [5.41, 5.74) is 2.05. The highest BCUT2D eigenvalue weighted by molar-refractivity contribution is 5.92. The molecule has 0 bridgehead atoms. The van der Waals surface area contributed by atoms with E-state index in [0.717, 1.165) is 56.0 Å². The fraction of sp³-hybridized carbons (Fsp3) is 0.500. The highest BCUT2D eigenvalue weighted by Crippen LogP contribution is 2.24. The Morgan fingerprint density at radius 1 is 1.22 bits per heavy atom. The Hall–Kier alpha value is -2.70. The predicted molar refractivity (Wildman–Crippen MR) is 102 cm³/mol. The van der Waals surface area contributed by atoms with E-state index in [-0.39, 0.29) is 5.91 Å². The molecule has 1 aromatic carbocycles. The van der Waals surface area contributed by atoms with Gasteiger partial charge in [-0.3, -0.25) is 9.36 Å². The van der Waals surface area contributed by atoms with Crippen LogP contribution in [0.4, 0.5) is 0 Å². The van der Waals surface area contributed by atoms with E-state index in [1.165, 1.54) is 0 Å². The Kier molecular flexibility index (Phi) is 5.18. The Morgan fingerprint density at radius 3 is 2.70 bits per heavy atom. The van der Waals surface area contributed by atoms with Crippen molar-refractivity contribution >= 4 is 11.6 Å². The quantitative estimate of drug-likeness (QED) is 0.814. The van der Waals surface area contributed by atoms with Crippen molar-refractivity contribution in [2.45, 2.75) is 45.1 Å². The monoisotopic (exact) mass is 367 g/mol. The van der Waals surface area contributed by atoms with Gasteiger partial charge in [-0.2, -0.15) is 0 Å². The van der Waals surface area contributed by atoms with Gasteiger partial charge in [-0.25, -0.2) is 0 Å². The van der Waals surface area contributed by atoms with Gasteiger partial charge in [0, 0.05) is 31.6 Å². The van der Waals surface area contributed by atoms with Crippen LogP contribution in [0.5, 0.6) is 0 Å². The first kappa shape index (κ1) is 17.7. The second-order valence-corrected chi connectivity index (χ2v) is 7.23. The molecule has 0 N–H and O–H groups in total. The van der Waals surface area contributed by atoms with E-state index in [1.54, 1.807) is 6.33 Å². The Morgan fingerprint density at radius 2 is 2.00 bits per heavy atom. The van der Waals surface area contributed by atoms with Crippen molar-refractivity contribution in [2.24, 2.45) is 11.1 Å². The number of piperidine rings is 1. The molecule has 1 atom stereocenters. The zero-order valence-corrected chi connectivity index (χ0v) is 15.6. The van der Waals surface area contributed by atoms with Crippen molar-refractivity contribution in [3.05, 3.63) is 42.5 Å². The molecule has 1 amide bonds. The van der Waals surface area contributed by atoms with E-state index in [1.807, 2.05) is 34.6 Å². The zero-order valence-electron chi connectivity index (χ0n) is 15.6. The standard InChI is InChI=1S/C20H25N5O2/c1-2-16-13-18(27-23-16)20(26)24-10-8-15(9-11-24)12-19-22-21-14-25(19)17-6-4-3-5-7-17/h3-7,14-15,18H,2,8-13H2,1H3/t18-/m1/s1. The molecule has 1 saturated heterocycles. The topological polar surface area (TPSA) is 72.6 Å². The molecule has 7 heteroatoms. The molecule has 0 unspecified atom stereocenters. The molecule has 7 nitrogen and oxygen atoms in total. The Balaban J connectivity index is 1.32. The molecular formula is C20H25N5O2. The van der Waals surface area contributed by atoms with E-state index in [4.69, 9.17) is 4.84 Å². The van der Waals surface area contributed by atoms with Crippen LogP contribution in [0.25, 0.3) is 5.69 Å². The molecule has 1 fully saturated rings. The van der Waals surface area contributed by atoms with Crippen LogP contribution in [0, 0.1) is 5.92 Å². The molecule has 27 heavy (non-hydrogen) atoms. The van der Waals surface area contributed by atoms with Crippen LogP contribution in [-0.2, 0) is 16.1 Å². The molecular weight excluding hydrogens is 342 g/mol. The van der Waals surface area contributed by atoms with Gasteiger partial charge in [-0.05, 0) is 37.3 Å². The van der Waals surface area contributed by atoms with Crippen molar-refractivity contribution in [3.8, 4) is 5.69 Å². The normalized spacial score (nSPS) is 20.4. The summed E-state index contributed by atoms with van der Waals surface area (Å²) in [6.45, 7) is 3.57. The van der Waals surface area contributed by atoms with Gasteiger partial charge in [0.15, 0.2) is 0 Å². The average Bonchev–Trinajstić information content (AvgIpc) is 3.38. The van der Waals surface area contributed by atoms with Gasteiger partial charge in [0.05, 0.1) is 5.71 Å². The van der Waals surface area contributed by atoms with Crippen LogP contribution in [0.1, 0.15) is 38.4 Å². The van der Waals surface area contributed by atoms with Gasteiger partial charge in [-0.15, -0.1) is 10.2 Å². The van der Waals surface area contributed by atoms with Gasteiger partial charge in [0.2, 0.25) is 6.10 Å². The molecule has 0 radical (unpaired) electrons. The number of carbonyl (C=O) groups is 1. The number of likely N-dealkylation sites (tertiary alicyclic amines) is 1. The number of amides is 1. The first-order chi connectivity index (χ1) is 13.2. The minimum atomic E-state index is -0.419. The first-order valence-corrected chi connectivity index (χ1v) is 9.69. The molecule has 2 aliphatic heterocycles. The highest BCUT2D eigenvalue weighted by Gasteiger charge is 2.33. The van der Waals surface area contributed by atoms with Gasteiger partial charge < -0.3 is 9.74 Å². The molecule has 142 valence electrons. The van der Waals surface area contributed by atoms with Gasteiger partial charge >= 0.3 is 0 Å². The summed E-state index contributed by atoms with van der Waals surface area (Å²) in [5, 5.41) is 12.4. The van der Waals surface area contributed by atoms with Crippen LogP contribution < -0.4 is 0 Å². The molecule has 0 spiro atoms. The van der Waals surface area contributed by atoms with Crippen LogP contribution in [-0.4, -0.2) is 50.5 Å². The minimum absolute atomic E-state index is 0.0769. The fourth-order valence-electron chi connectivity index (χ4n) is 3.79. The summed E-state index contributed by atoms with van der Waals surface area (Å²) in [6.07, 6.45) is 5.65. The maximum atomic E-state index is 12.6. The third-order valence-electron chi connectivity index (χ3n) is 5.46. The summed E-state index contributed by atoms with van der Waals surface area (Å²) in [5.74, 6) is 1.56. The number of rotatable bonds is 5. The van der Waals surface area contributed by atoms with Gasteiger partial charge in [0.25, 0.3) is 5.91 Å². The third-order valence-corrected chi connectivity index (χ3v) is 5.46. The predicted octanol–water partition coefficient (Wildman–Crippen LogP) is 2.60. The minimum Gasteiger partial charge on any atom is -0.382 e. The van der Waals surface area contributed by atoms with Gasteiger partial charge in [-0.1, -0.05) is 30.3 Å². The van der Waals surface area contributed by atoms with Crippen LogP contribution in [0.2, 0.25) is 0 Å². The molecule has 0 saturated carbocycles. The SMILES string of the molecule is CCC1=NO[C@@H](C(=O)N2CCC(Cc3nncn3-c3ccccc3)CC2)C1. The van der Waals surface area contributed by atoms with E-state index in [2.05, 4.69) is 27.5 Å². The second-order valence-electron chi connectivity index (χ2n) is 7.23. The van der Waals surface area contributed by atoms with Crippen molar-refractivity contribution in [2.75, 3.05) is 13.1 Å². The molecule has 3 heterocycles. The van der Waals surface area contributed by atoms with E-state index in [0.29, 0.717) is 12.3 Å². The van der Waals surface area contributed by atoms with Crippen LogP contribution in [0.3, 0.4) is 0 Å². The average molecular weight is 367 g/mol. The Labute approximate surface area is 159 Å². The zero-order chi connectivity index (χ0) is 18.6. The van der Waals surface area contributed by atoms with Gasteiger partial charge in [0.1, 0.15) is 12.2 Å².